The lowest BCUT2D eigenvalue weighted by atomic mass is 10.0. The molecule has 2 aromatic rings. The van der Waals surface area contributed by atoms with E-state index in [1.807, 2.05) is 13.0 Å². The van der Waals surface area contributed by atoms with Crippen molar-refractivity contribution in [3.63, 3.8) is 0 Å². The largest absolute Gasteiger partial charge is 0.366 e. The summed E-state index contributed by atoms with van der Waals surface area (Å²) in [6, 6.07) is 5.86. The van der Waals surface area contributed by atoms with E-state index in [0.29, 0.717) is 17.7 Å². The van der Waals surface area contributed by atoms with Crippen molar-refractivity contribution in [1.29, 1.82) is 0 Å². The summed E-state index contributed by atoms with van der Waals surface area (Å²) in [5.74, 6) is -2.35. The number of aryl methyl sites for hydroxylation is 1. The first kappa shape index (κ1) is 15.1. The van der Waals surface area contributed by atoms with Crippen LogP contribution in [0.2, 0.25) is 0 Å². The lowest BCUT2D eigenvalue weighted by molar-refractivity contribution is -0.114. The number of nitrogens with two attached hydrogens (primary N) is 1. The van der Waals surface area contributed by atoms with Gasteiger partial charge in [0.15, 0.2) is 11.6 Å². The molecule has 1 aliphatic rings. The Morgan fingerprint density at radius 2 is 2.13 bits per heavy atom. The standard InChI is InChI=1S/C17H15F2N3O/c1-10-5-6-21-14-7-12(17(20)23)9-22(16(10)14)8-11-3-2-4-13(18)15(11)19/h2-6,9H,7-8H2,1H3,(H2,20,23). The van der Waals surface area contributed by atoms with Gasteiger partial charge >= 0.3 is 0 Å². The molecule has 2 N–H and O–H groups in total. The van der Waals surface area contributed by atoms with Gasteiger partial charge in [-0.15, -0.1) is 0 Å². The molecule has 4 nitrogen and oxygen atoms in total. The predicted molar refractivity (Wildman–Crippen MR) is 82.5 cm³/mol. The second-order valence-electron chi connectivity index (χ2n) is 5.46. The summed E-state index contributed by atoms with van der Waals surface area (Å²) in [5.41, 5.74) is 8.38. The zero-order valence-electron chi connectivity index (χ0n) is 12.5. The molecule has 23 heavy (non-hydrogen) atoms. The van der Waals surface area contributed by atoms with Gasteiger partial charge in [0.2, 0.25) is 5.91 Å². The molecule has 0 saturated carbocycles. The van der Waals surface area contributed by atoms with Crippen LogP contribution in [0.4, 0.5) is 14.5 Å². The number of benzene rings is 1. The molecule has 1 aromatic carbocycles. The maximum atomic E-state index is 14.0. The highest BCUT2D eigenvalue weighted by atomic mass is 19.2. The van der Waals surface area contributed by atoms with Crippen LogP contribution in [0.5, 0.6) is 0 Å². The van der Waals surface area contributed by atoms with Crippen molar-refractivity contribution in [3.05, 3.63) is 70.7 Å². The molecule has 0 unspecified atom stereocenters. The summed E-state index contributed by atoms with van der Waals surface area (Å²) in [6.07, 6.45) is 3.57. The van der Waals surface area contributed by atoms with Crippen molar-refractivity contribution in [2.45, 2.75) is 19.9 Å². The van der Waals surface area contributed by atoms with Crippen molar-refractivity contribution in [1.82, 2.24) is 4.98 Å². The third-order valence-electron chi connectivity index (χ3n) is 3.85. The highest BCUT2D eigenvalue weighted by Crippen LogP contribution is 2.32. The molecular formula is C17H15F2N3O. The van der Waals surface area contributed by atoms with E-state index >= 15 is 0 Å². The maximum absolute atomic E-state index is 14.0. The minimum atomic E-state index is -0.901. The summed E-state index contributed by atoms with van der Waals surface area (Å²) in [7, 11) is 0. The van der Waals surface area contributed by atoms with Gasteiger partial charge in [0.1, 0.15) is 0 Å². The second-order valence-corrected chi connectivity index (χ2v) is 5.46. The Labute approximate surface area is 132 Å². The summed E-state index contributed by atoms with van der Waals surface area (Å²) in [6.45, 7) is 1.98. The molecule has 118 valence electrons. The van der Waals surface area contributed by atoms with Gasteiger partial charge < -0.3 is 10.6 Å². The molecule has 0 saturated heterocycles. The third kappa shape index (κ3) is 2.79. The van der Waals surface area contributed by atoms with Crippen LogP contribution in [0.3, 0.4) is 0 Å². The predicted octanol–water partition coefficient (Wildman–Crippen LogP) is 2.60. The molecule has 1 aliphatic heterocycles. The van der Waals surface area contributed by atoms with Crippen LogP contribution in [0, 0.1) is 18.6 Å². The molecule has 0 bridgehead atoms. The lowest BCUT2D eigenvalue weighted by Crippen LogP contribution is -2.28. The molecule has 1 amide bonds. The molecule has 0 fully saturated rings. The van der Waals surface area contributed by atoms with Gasteiger partial charge in [0.05, 0.1) is 17.9 Å². The number of halogens is 2. The monoisotopic (exact) mass is 315 g/mol. The number of amides is 1. The second kappa shape index (κ2) is 5.79. The fourth-order valence-corrected chi connectivity index (χ4v) is 2.74. The van der Waals surface area contributed by atoms with E-state index in [1.54, 1.807) is 17.3 Å². The third-order valence-corrected chi connectivity index (χ3v) is 3.85. The summed E-state index contributed by atoms with van der Waals surface area (Å²) < 4.78 is 27.4. The van der Waals surface area contributed by atoms with E-state index in [2.05, 4.69) is 4.98 Å². The Bertz CT molecular complexity index is 817. The van der Waals surface area contributed by atoms with Crippen molar-refractivity contribution >= 4 is 11.6 Å². The fourth-order valence-electron chi connectivity index (χ4n) is 2.74. The van der Waals surface area contributed by atoms with E-state index in [1.165, 1.54) is 12.1 Å². The number of anilines is 1. The Kier molecular flexibility index (Phi) is 3.82. The van der Waals surface area contributed by atoms with E-state index in [-0.39, 0.29) is 12.1 Å². The first-order valence-corrected chi connectivity index (χ1v) is 7.12. The number of pyridine rings is 1. The van der Waals surface area contributed by atoms with Crippen LogP contribution >= 0.6 is 0 Å². The van der Waals surface area contributed by atoms with E-state index in [4.69, 9.17) is 5.73 Å². The van der Waals surface area contributed by atoms with Crippen molar-refractivity contribution in [2.75, 3.05) is 4.90 Å². The number of carbonyl (C=O) groups is 1. The van der Waals surface area contributed by atoms with Crippen molar-refractivity contribution < 1.29 is 13.6 Å². The van der Waals surface area contributed by atoms with E-state index < -0.39 is 17.5 Å². The van der Waals surface area contributed by atoms with Crippen molar-refractivity contribution in [3.8, 4) is 0 Å². The number of hydrogen-bond donors (Lipinski definition) is 1. The lowest BCUT2D eigenvalue weighted by Gasteiger charge is -2.29. The number of nitrogens with zero attached hydrogens (tertiary/aromatic N) is 2. The molecule has 3 rings (SSSR count). The van der Waals surface area contributed by atoms with Gasteiger partial charge in [-0.05, 0) is 24.6 Å². The number of aromatic nitrogens is 1. The molecule has 0 radical (unpaired) electrons. The SMILES string of the molecule is Cc1ccnc2c1N(Cc1cccc(F)c1F)C=C(C(N)=O)C2. The maximum Gasteiger partial charge on any atom is 0.246 e. The van der Waals surface area contributed by atoms with Crippen LogP contribution in [-0.4, -0.2) is 10.9 Å². The first-order valence-electron chi connectivity index (χ1n) is 7.12. The Morgan fingerprint density at radius 1 is 1.35 bits per heavy atom. The number of carbonyl (C=O) groups excluding carboxylic acids is 1. The highest BCUT2D eigenvalue weighted by molar-refractivity contribution is 5.94. The molecule has 6 heteroatoms. The Morgan fingerprint density at radius 3 is 2.87 bits per heavy atom. The average Bonchev–Trinajstić information content (AvgIpc) is 2.51. The van der Waals surface area contributed by atoms with Crippen LogP contribution < -0.4 is 10.6 Å². The molecular weight excluding hydrogens is 300 g/mol. The van der Waals surface area contributed by atoms with Gasteiger partial charge in [0, 0.05) is 30.0 Å². The fraction of sp³-hybridized carbons (Fsp3) is 0.176. The Hall–Kier alpha value is -2.76. The van der Waals surface area contributed by atoms with E-state index in [9.17, 15) is 13.6 Å². The van der Waals surface area contributed by atoms with Gasteiger partial charge in [-0.2, -0.15) is 0 Å². The Balaban J connectivity index is 2.06. The molecule has 0 aliphatic carbocycles. The minimum Gasteiger partial charge on any atom is -0.366 e. The quantitative estimate of drug-likeness (QED) is 0.947. The van der Waals surface area contributed by atoms with Gasteiger partial charge in [-0.25, -0.2) is 8.78 Å². The van der Waals surface area contributed by atoms with Crippen LogP contribution in [-0.2, 0) is 17.8 Å². The summed E-state index contributed by atoms with van der Waals surface area (Å²) in [5, 5.41) is 0. The zero-order chi connectivity index (χ0) is 16.6. The molecule has 0 atom stereocenters. The van der Waals surface area contributed by atoms with E-state index in [0.717, 1.165) is 17.3 Å². The average molecular weight is 315 g/mol. The smallest absolute Gasteiger partial charge is 0.246 e. The zero-order valence-corrected chi connectivity index (χ0v) is 12.5. The van der Waals surface area contributed by atoms with Gasteiger partial charge in [0.25, 0.3) is 0 Å². The molecule has 2 heterocycles. The molecule has 1 aromatic heterocycles. The van der Waals surface area contributed by atoms with Gasteiger partial charge in [-0.1, -0.05) is 12.1 Å². The van der Waals surface area contributed by atoms with Crippen molar-refractivity contribution in [2.24, 2.45) is 5.73 Å². The minimum absolute atomic E-state index is 0.0832. The summed E-state index contributed by atoms with van der Waals surface area (Å²) >= 11 is 0. The van der Waals surface area contributed by atoms with Gasteiger partial charge in [-0.3, -0.25) is 9.78 Å². The number of hydrogen-bond acceptors (Lipinski definition) is 3. The topological polar surface area (TPSA) is 59.2 Å². The van der Waals surface area contributed by atoms with Crippen LogP contribution in [0.1, 0.15) is 16.8 Å². The number of primary amides is 1. The van der Waals surface area contributed by atoms with Crippen LogP contribution in [0.15, 0.2) is 42.2 Å². The number of fused-ring (bicyclic) bond motifs is 1. The summed E-state index contributed by atoms with van der Waals surface area (Å²) in [4.78, 5) is 17.5. The normalized spacial score (nSPS) is 13.5. The highest BCUT2D eigenvalue weighted by Gasteiger charge is 2.24. The first-order chi connectivity index (χ1) is 11.0. The van der Waals surface area contributed by atoms with Crippen LogP contribution in [0.25, 0.3) is 0 Å². The number of rotatable bonds is 3. The molecule has 0 spiro atoms.